The Hall–Kier alpha value is -2.11. The minimum atomic E-state index is -0.792. The summed E-state index contributed by atoms with van der Waals surface area (Å²) in [4.78, 5) is 30.6. The van der Waals surface area contributed by atoms with Gasteiger partial charge in [-0.1, -0.05) is 19.9 Å². The van der Waals surface area contributed by atoms with Crippen molar-refractivity contribution in [2.75, 3.05) is 13.7 Å². The maximum absolute atomic E-state index is 12.3. The summed E-state index contributed by atoms with van der Waals surface area (Å²) < 4.78 is 5.10. The van der Waals surface area contributed by atoms with Gasteiger partial charge < -0.3 is 15.0 Å². The first-order chi connectivity index (χ1) is 10.1. The maximum Gasteiger partial charge on any atom is 0.246 e. The van der Waals surface area contributed by atoms with E-state index in [1.165, 1.54) is 0 Å². The van der Waals surface area contributed by atoms with Gasteiger partial charge in [-0.3, -0.25) is 9.59 Å². The molecule has 2 amide bonds. The second-order valence-electron chi connectivity index (χ2n) is 5.07. The highest BCUT2D eigenvalue weighted by Gasteiger charge is 2.46. The van der Waals surface area contributed by atoms with Crippen LogP contribution in [-0.2, 0) is 16.1 Å². The monoisotopic (exact) mass is 291 g/mol. The zero-order chi connectivity index (χ0) is 15.5. The van der Waals surface area contributed by atoms with Crippen molar-refractivity contribution in [1.82, 2.24) is 15.2 Å². The van der Waals surface area contributed by atoms with E-state index in [0.29, 0.717) is 31.0 Å². The van der Waals surface area contributed by atoms with Gasteiger partial charge in [0.25, 0.3) is 0 Å². The topological polar surface area (TPSA) is 71.5 Å². The zero-order valence-corrected chi connectivity index (χ0v) is 12.7. The number of carbonyl (C=O) groups is 2. The zero-order valence-electron chi connectivity index (χ0n) is 12.7. The first-order valence-electron chi connectivity index (χ1n) is 7.16. The molecule has 1 saturated heterocycles. The van der Waals surface area contributed by atoms with Crippen LogP contribution >= 0.6 is 0 Å². The number of nitrogens with zero attached hydrogens (tertiary/aromatic N) is 2. The molecule has 1 aromatic rings. The molecule has 0 saturated carbocycles. The van der Waals surface area contributed by atoms with Crippen LogP contribution in [0.2, 0.25) is 0 Å². The molecule has 0 radical (unpaired) electrons. The average molecular weight is 291 g/mol. The summed E-state index contributed by atoms with van der Waals surface area (Å²) in [7, 11) is 1.55. The molecular formula is C15H21N3O3. The van der Waals surface area contributed by atoms with Gasteiger partial charge in [-0.25, -0.2) is 4.98 Å². The van der Waals surface area contributed by atoms with Crippen molar-refractivity contribution < 1.29 is 14.3 Å². The molecule has 0 aliphatic carbocycles. The van der Waals surface area contributed by atoms with Gasteiger partial charge in [0.2, 0.25) is 17.7 Å². The number of hydrogen-bond acceptors (Lipinski definition) is 4. The molecule has 114 valence electrons. The van der Waals surface area contributed by atoms with E-state index in [0.717, 1.165) is 0 Å². The van der Waals surface area contributed by atoms with Crippen LogP contribution in [-0.4, -0.2) is 40.9 Å². The summed E-state index contributed by atoms with van der Waals surface area (Å²) in [6.07, 6.45) is 1.15. The van der Waals surface area contributed by atoms with E-state index >= 15 is 0 Å². The van der Waals surface area contributed by atoms with Crippen LogP contribution in [0.5, 0.6) is 5.88 Å². The van der Waals surface area contributed by atoms with Crippen molar-refractivity contribution >= 4 is 11.8 Å². The number of methoxy groups -OCH3 is 1. The number of hydrogen-bond donors (Lipinski definition) is 1. The van der Waals surface area contributed by atoms with Crippen molar-refractivity contribution in [1.29, 1.82) is 0 Å². The molecule has 0 unspecified atom stereocenters. The summed E-state index contributed by atoms with van der Waals surface area (Å²) in [6.45, 7) is 4.21. The third kappa shape index (κ3) is 2.70. The molecule has 0 spiro atoms. The molecule has 1 fully saturated rings. The molecule has 2 rings (SSSR count). The third-order valence-electron chi connectivity index (χ3n) is 4.12. The minimum absolute atomic E-state index is 0.0462. The molecule has 0 aromatic carbocycles. The van der Waals surface area contributed by atoms with E-state index in [4.69, 9.17) is 4.74 Å². The lowest BCUT2D eigenvalue weighted by molar-refractivity contribution is -0.155. The minimum Gasteiger partial charge on any atom is -0.481 e. The predicted molar refractivity (Wildman–Crippen MR) is 77.7 cm³/mol. The van der Waals surface area contributed by atoms with E-state index in [-0.39, 0.29) is 18.4 Å². The molecule has 1 aliphatic heterocycles. The summed E-state index contributed by atoms with van der Waals surface area (Å²) >= 11 is 0. The van der Waals surface area contributed by atoms with Crippen molar-refractivity contribution in [3.8, 4) is 5.88 Å². The maximum atomic E-state index is 12.3. The normalized spacial score (nSPS) is 17.6. The second-order valence-corrected chi connectivity index (χ2v) is 5.07. The van der Waals surface area contributed by atoms with Crippen LogP contribution in [0.25, 0.3) is 0 Å². The molecule has 6 nitrogen and oxygen atoms in total. The highest BCUT2D eigenvalue weighted by Crippen LogP contribution is 2.29. The summed E-state index contributed by atoms with van der Waals surface area (Å²) in [5.74, 6) is 0.331. The second kappa shape index (κ2) is 6.11. The SMILES string of the molecule is CCC1(CC)C(=O)NCC(=O)N1Cc1cccc(OC)n1. The first kappa shape index (κ1) is 15.3. The number of amides is 2. The largest absolute Gasteiger partial charge is 0.481 e. The van der Waals surface area contributed by atoms with Gasteiger partial charge in [-0.05, 0) is 18.9 Å². The van der Waals surface area contributed by atoms with E-state index in [1.54, 1.807) is 18.1 Å². The van der Waals surface area contributed by atoms with E-state index in [1.807, 2.05) is 26.0 Å². The number of rotatable bonds is 5. The molecule has 2 heterocycles. The Bertz CT molecular complexity index is 541. The molecule has 0 atom stereocenters. The molecule has 1 N–H and O–H groups in total. The number of aromatic nitrogens is 1. The Morgan fingerprint density at radius 2 is 2.05 bits per heavy atom. The van der Waals surface area contributed by atoms with Crippen molar-refractivity contribution in [2.24, 2.45) is 0 Å². The van der Waals surface area contributed by atoms with Crippen LogP contribution in [0.1, 0.15) is 32.4 Å². The fourth-order valence-corrected chi connectivity index (χ4v) is 2.79. The Morgan fingerprint density at radius 1 is 1.33 bits per heavy atom. The number of pyridine rings is 1. The first-order valence-corrected chi connectivity index (χ1v) is 7.16. The smallest absolute Gasteiger partial charge is 0.246 e. The standard InChI is InChI=1S/C15H21N3O3/c1-4-15(5-2)14(20)16-9-13(19)18(15)10-11-7-6-8-12(17-11)21-3/h6-8H,4-5,9-10H2,1-3H3,(H,16,20). The molecule has 0 bridgehead atoms. The Morgan fingerprint density at radius 3 is 2.67 bits per heavy atom. The van der Waals surface area contributed by atoms with Gasteiger partial charge in [0.05, 0.1) is 25.9 Å². The van der Waals surface area contributed by atoms with Crippen molar-refractivity contribution in [3.05, 3.63) is 23.9 Å². The highest BCUT2D eigenvalue weighted by molar-refractivity contribution is 5.97. The van der Waals surface area contributed by atoms with Gasteiger partial charge in [-0.15, -0.1) is 0 Å². The van der Waals surface area contributed by atoms with Gasteiger partial charge >= 0.3 is 0 Å². The number of nitrogens with one attached hydrogen (secondary N) is 1. The summed E-state index contributed by atoms with van der Waals surface area (Å²) in [5.41, 5.74) is -0.0798. The lowest BCUT2D eigenvalue weighted by atomic mass is 9.87. The third-order valence-corrected chi connectivity index (χ3v) is 4.12. The number of carbonyl (C=O) groups excluding carboxylic acids is 2. The van der Waals surface area contributed by atoms with Crippen molar-refractivity contribution in [3.63, 3.8) is 0 Å². The lowest BCUT2D eigenvalue weighted by Gasteiger charge is -2.44. The summed E-state index contributed by atoms with van der Waals surface area (Å²) in [6, 6.07) is 5.41. The van der Waals surface area contributed by atoms with Crippen molar-refractivity contribution in [2.45, 2.75) is 38.8 Å². The Labute approximate surface area is 124 Å². The fraction of sp³-hybridized carbons (Fsp3) is 0.533. The van der Waals surface area contributed by atoms with E-state index in [2.05, 4.69) is 10.3 Å². The summed E-state index contributed by atoms with van der Waals surface area (Å²) in [5, 5.41) is 2.69. The number of piperazine rings is 1. The van der Waals surface area contributed by atoms with Gasteiger partial charge in [0, 0.05) is 6.07 Å². The Balaban J connectivity index is 2.33. The molecule has 21 heavy (non-hydrogen) atoms. The Kier molecular flexibility index (Phi) is 4.45. The van der Waals surface area contributed by atoms with Gasteiger partial charge in [-0.2, -0.15) is 0 Å². The predicted octanol–water partition coefficient (Wildman–Crippen LogP) is 1.11. The molecular weight excluding hydrogens is 270 g/mol. The molecule has 1 aliphatic rings. The van der Waals surface area contributed by atoms with E-state index in [9.17, 15) is 9.59 Å². The average Bonchev–Trinajstić information content (AvgIpc) is 2.52. The quantitative estimate of drug-likeness (QED) is 0.882. The van der Waals surface area contributed by atoms with Crippen LogP contribution in [0, 0.1) is 0 Å². The fourth-order valence-electron chi connectivity index (χ4n) is 2.79. The lowest BCUT2D eigenvalue weighted by Crippen LogP contribution is -2.66. The van der Waals surface area contributed by atoms with Crippen LogP contribution < -0.4 is 10.1 Å². The van der Waals surface area contributed by atoms with Crippen LogP contribution in [0.15, 0.2) is 18.2 Å². The number of ether oxygens (including phenoxy) is 1. The van der Waals surface area contributed by atoms with Gasteiger partial charge in [0.1, 0.15) is 5.54 Å². The van der Waals surface area contributed by atoms with Crippen LogP contribution in [0.4, 0.5) is 0 Å². The van der Waals surface area contributed by atoms with E-state index < -0.39 is 5.54 Å². The molecule has 1 aromatic heterocycles. The van der Waals surface area contributed by atoms with Crippen LogP contribution in [0.3, 0.4) is 0 Å². The van der Waals surface area contributed by atoms with Gasteiger partial charge in [0.15, 0.2) is 0 Å². The molecule has 6 heteroatoms. The highest BCUT2D eigenvalue weighted by atomic mass is 16.5.